The molecular formula is C6H10OS2. The van der Waals surface area contributed by atoms with Crippen LogP contribution in [-0.2, 0) is 4.79 Å². The predicted octanol–water partition coefficient (Wildman–Crippen LogP) is 2.14. The van der Waals surface area contributed by atoms with Crippen LogP contribution in [0.4, 0.5) is 0 Å². The second kappa shape index (κ2) is 4.94. The normalized spacial score (nSPS) is 8.78. The second-order valence-corrected chi connectivity index (χ2v) is 3.44. The first-order chi connectivity index (χ1) is 4.20. The molecule has 0 radical (unpaired) electrons. The number of thioether (sulfide) groups is 2. The maximum atomic E-state index is 10.5. The quantitative estimate of drug-likeness (QED) is 0.592. The number of allylic oxidation sites excluding steroid dienone is 1. The minimum Gasteiger partial charge on any atom is -0.295 e. The zero-order valence-electron chi connectivity index (χ0n) is 5.80. The summed E-state index contributed by atoms with van der Waals surface area (Å²) in [6.07, 6.45) is 5.58. The van der Waals surface area contributed by atoms with Crippen molar-refractivity contribution in [3.8, 4) is 0 Å². The molecule has 0 aliphatic rings. The molecule has 0 spiro atoms. The summed E-state index contributed by atoms with van der Waals surface area (Å²) in [5, 5.41) is 0. The van der Waals surface area contributed by atoms with Gasteiger partial charge in [0, 0.05) is 10.3 Å². The summed E-state index contributed by atoms with van der Waals surface area (Å²) in [6.45, 7) is 1.56. The molecule has 0 aliphatic heterocycles. The molecule has 0 bridgehead atoms. The molecule has 0 saturated heterocycles. The van der Waals surface area contributed by atoms with Gasteiger partial charge in [-0.3, -0.25) is 4.79 Å². The number of carbonyl (C=O) groups excluding carboxylic acids is 1. The molecular weight excluding hydrogens is 152 g/mol. The average molecular weight is 162 g/mol. The third-order valence-electron chi connectivity index (χ3n) is 0.723. The van der Waals surface area contributed by atoms with Gasteiger partial charge >= 0.3 is 0 Å². The van der Waals surface area contributed by atoms with E-state index in [9.17, 15) is 4.79 Å². The van der Waals surface area contributed by atoms with E-state index in [4.69, 9.17) is 0 Å². The van der Waals surface area contributed by atoms with Crippen LogP contribution in [0.25, 0.3) is 0 Å². The van der Waals surface area contributed by atoms with Crippen molar-refractivity contribution in [2.45, 2.75) is 6.92 Å². The molecule has 9 heavy (non-hydrogen) atoms. The first-order valence-electron chi connectivity index (χ1n) is 2.51. The first kappa shape index (κ1) is 9.11. The van der Waals surface area contributed by atoms with Crippen molar-refractivity contribution in [2.75, 3.05) is 12.5 Å². The molecule has 0 saturated carbocycles. The van der Waals surface area contributed by atoms with Gasteiger partial charge in [-0.15, -0.1) is 23.5 Å². The van der Waals surface area contributed by atoms with Crippen LogP contribution in [0, 0.1) is 0 Å². The summed E-state index contributed by atoms with van der Waals surface area (Å²) >= 11 is 3.20. The number of rotatable bonds is 3. The van der Waals surface area contributed by atoms with Crippen LogP contribution >= 0.6 is 23.5 Å². The molecule has 0 heterocycles. The average Bonchev–Trinajstić information content (AvgIpc) is 1.82. The number of hydrogen-bond acceptors (Lipinski definition) is 3. The van der Waals surface area contributed by atoms with Crippen LogP contribution in [0.15, 0.2) is 10.3 Å². The highest BCUT2D eigenvalue weighted by atomic mass is 32.2. The Bertz CT molecular complexity index is 123. The minimum absolute atomic E-state index is 0.119. The van der Waals surface area contributed by atoms with Gasteiger partial charge in [0.05, 0.1) is 0 Å². The number of hydrogen-bond donors (Lipinski definition) is 0. The third-order valence-corrected chi connectivity index (χ3v) is 2.76. The van der Waals surface area contributed by atoms with Crippen LogP contribution in [0.1, 0.15) is 6.92 Å². The van der Waals surface area contributed by atoms with E-state index in [0.717, 1.165) is 4.24 Å². The molecule has 0 aromatic rings. The Hall–Kier alpha value is 0.110. The lowest BCUT2D eigenvalue weighted by molar-refractivity contribution is -0.112. The predicted molar refractivity (Wildman–Crippen MR) is 45.8 cm³/mol. The molecule has 0 N–H and O–H groups in total. The van der Waals surface area contributed by atoms with Gasteiger partial charge in [-0.25, -0.2) is 0 Å². The van der Waals surface area contributed by atoms with Gasteiger partial charge in [0.25, 0.3) is 0 Å². The fourth-order valence-electron chi connectivity index (χ4n) is 0.367. The SMILES string of the molecule is CSC(=CC(C)=O)SC. The van der Waals surface area contributed by atoms with E-state index < -0.39 is 0 Å². The lowest BCUT2D eigenvalue weighted by Crippen LogP contribution is -1.81. The summed E-state index contributed by atoms with van der Waals surface area (Å²) in [5.41, 5.74) is 0. The molecule has 0 aromatic heterocycles. The highest BCUT2D eigenvalue weighted by molar-refractivity contribution is 8.21. The highest BCUT2D eigenvalue weighted by Gasteiger charge is 1.92. The van der Waals surface area contributed by atoms with Gasteiger partial charge < -0.3 is 0 Å². The molecule has 0 fully saturated rings. The fraction of sp³-hybridized carbons (Fsp3) is 0.500. The molecule has 3 heteroatoms. The van der Waals surface area contributed by atoms with Crippen molar-refractivity contribution < 1.29 is 4.79 Å². The van der Waals surface area contributed by atoms with Gasteiger partial charge in [0.15, 0.2) is 5.78 Å². The van der Waals surface area contributed by atoms with Crippen LogP contribution in [0.3, 0.4) is 0 Å². The number of carbonyl (C=O) groups is 1. The summed E-state index contributed by atoms with van der Waals surface area (Å²) < 4.78 is 1.07. The summed E-state index contributed by atoms with van der Waals surface area (Å²) in [7, 11) is 0. The minimum atomic E-state index is 0.119. The molecule has 0 rings (SSSR count). The van der Waals surface area contributed by atoms with Gasteiger partial charge in [-0.1, -0.05) is 0 Å². The van der Waals surface area contributed by atoms with Gasteiger partial charge in [0.2, 0.25) is 0 Å². The first-order valence-corrected chi connectivity index (χ1v) is 4.96. The maximum absolute atomic E-state index is 10.5. The molecule has 0 amide bonds. The highest BCUT2D eigenvalue weighted by Crippen LogP contribution is 2.22. The van der Waals surface area contributed by atoms with E-state index in [1.165, 1.54) is 0 Å². The molecule has 52 valence electrons. The van der Waals surface area contributed by atoms with E-state index in [-0.39, 0.29) is 5.78 Å². The van der Waals surface area contributed by atoms with Crippen molar-refractivity contribution in [1.29, 1.82) is 0 Å². The Morgan fingerprint density at radius 3 is 1.89 bits per heavy atom. The van der Waals surface area contributed by atoms with Gasteiger partial charge in [-0.2, -0.15) is 0 Å². The monoisotopic (exact) mass is 162 g/mol. The number of ketones is 1. The van der Waals surface area contributed by atoms with Gasteiger partial charge in [-0.05, 0) is 19.4 Å². The van der Waals surface area contributed by atoms with Crippen molar-refractivity contribution in [3.05, 3.63) is 10.3 Å². The molecule has 0 aromatic carbocycles. The van der Waals surface area contributed by atoms with Crippen LogP contribution in [0.2, 0.25) is 0 Å². The second-order valence-electron chi connectivity index (χ2n) is 1.48. The van der Waals surface area contributed by atoms with Crippen molar-refractivity contribution in [2.24, 2.45) is 0 Å². The van der Waals surface area contributed by atoms with Crippen LogP contribution < -0.4 is 0 Å². The largest absolute Gasteiger partial charge is 0.295 e. The molecule has 0 atom stereocenters. The zero-order chi connectivity index (χ0) is 7.28. The Kier molecular flexibility index (Phi) is 5.00. The van der Waals surface area contributed by atoms with E-state index in [1.807, 2.05) is 12.5 Å². The van der Waals surface area contributed by atoms with Crippen molar-refractivity contribution in [3.63, 3.8) is 0 Å². The molecule has 0 aliphatic carbocycles. The molecule has 0 unspecified atom stereocenters. The maximum Gasteiger partial charge on any atom is 0.154 e. The zero-order valence-corrected chi connectivity index (χ0v) is 7.44. The van der Waals surface area contributed by atoms with Crippen molar-refractivity contribution >= 4 is 29.3 Å². The fourth-order valence-corrected chi connectivity index (χ4v) is 1.60. The van der Waals surface area contributed by atoms with E-state index in [0.29, 0.717) is 0 Å². The summed E-state index contributed by atoms with van der Waals surface area (Å²) in [6, 6.07) is 0. The summed E-state index contributed by atoms with van der Waals surface area (Å²) in [5.74, 6) is 0.119. The van der Waals surface area contributed by atoms with E-state index in [2.05, 4.69) is 0 Å². The van der Waals surface area contributed by atoms with E-state index in [1.54, 1.807) is 36.5 Å². The molecule has 1 nitrogen and oxygen atoms in total. The Balaban J connectivity index is 3.91. The lowest BCUT2D eigenvalue weighted by Gasteiger charge is -1.94. The third kappa shape index (κ3) is 4.60. The Labute approximate surface area is 64.3 Å². The standard InChI is InChI=1S/C6H10OS2/c1-5(7)4-6(8-2)9-3/h4H,1-3H3. The topological polar surface area (TPSA) is 17.1 Å². The van der Waals surface area contributed by atoms with Crippen molar-refractivity contribution in [1.82, 2.24) is 0 Å². The lowest BCUT2D eigenvalue weighted by atomic mass is 10.5. The van der Waals surface area contributed by atoms with Crippen LogP contribution in [0.5, 0.6) is 0 Å². The Morgan fingerprint density at radius 2 is 1.78 bits per heavy atom. The van der Waals surface area contributed by atoms with E-state index >= 15 is 0 Å². The van der Waals surface area contributed by atoms with Gasteiger partial charge in [0.1, 0.15) is 0 Å². The summed E-state index contributed by atoms with van der Waals surface area (Å²) in [4.78, 5) is 10.5. The Morgan fingerprint density at radius 1 is 1.33 bits per heavy atom. The van der Waals surface area contributed by atoms with Crippen LogP contribution in [-0.4, -0.2) is 18.3 Å². The smallest absolute Gasteiger partial charge is 0.154 e.